The minimum absolute atomic E-state index is 0.208. The lowest BCUT2D eigenvalue weighted by Gasteiger charge is -2.27. The first kappa shape index (κ1) is 13.8. The van der Waals surface area contributed by atoms with E-state index in [-0.39, 0.29) is 10.6 Å². The number of benzene rings is 1. The number of nitrogens with two attached hydrogens (primary N) is 1. The molecule has 0 spiro atoms. The summed E-state index contributed by atoms with van der Waals surface area (Å²) in [5.74, 6) is 0. The molecule has 0 aromatic heterocycles. The highest BCUT2D eigenvalue weighted by molar-refractivity contribution is 5.55. The third-order valence-corrected chi connectivity index (χ3v) is 3.81. The van der Waals surface area contributed by atoms with Crippen molar-refractivity contribution in [2.45, 2.75) is 51.1 Å². The van der Waals surface area contributed by atoms with Gasteiger partial charge in [-0.2, -0.15) is 0 Å². The van der Waals surface area contributed by atoms with E-state index in [1.165, 1.54) is 0 Å². The quantitative estimate of drug-likeness (QED) is 0.646. The van der Waals surface area contributed by atoms with Gasteiger partial charge in [-0.3, -0.25) is 10.1 Å². The molecule has 19 heavy (non-hydrogen) atoms. The van der Waals surface area contributed by atoms with E-state index in [1.807, 2.05) is 19.1 Å². The normalized spacial score (nSPS) is 23.1. The molecule has 3 N–H and O–H groups in total. The lowest BCUT2D eigenvalue weighted by Crippen LogP contribution is -2.32. The molecule has 1 aromatic carbocycles. The first-order chi connectivity index (χ1) is 9.10. The summed E-state index contributed by atoms with van der Waals surface area (Å²) in [6.45, 7) is 1.93. The van der Waals surface area contributed by atoms with Gasteiger partial charge < -0.3 is 11.1 Å². The molecule has 1 aliphatic carbocycles. The number of nitrogens with zero attached hydrogens (tertiary/aromatic N) is 1. The highest BCUT2D eigenvalue weighted by Crippen LogP contribution is 2.26. The Bertz CT molecular complexity index is 454. The van der Waals surface area contributed by atoms with Crippen LogP contribution in [0.25, 0.3) is 0 Å². The molecule has 1 fully saturated rings. The van der Waals surface area contributed by atoms with E-state index in [9.17, 15) is 10.1 Å². The predicted octanol–water partition coefficient (Wildman–Crippen LogP) is 2.84. The minimum atomic E-state index is -0.305. The van der Waals surface area contributed by atoms with Crippen LogP contribution in [0.5, 0.6) is 0 Å². The van der Waals surface area contributed by atoms with Crippen molar-refractivity contribution in [3.05, 3.63) is 33.9 Å². The maximum Gasteiger partial charge on any atom is 0.274 e. The average Bonchev–Trinajstić information content (AvgIpc) is 2.41. The van der Waals surface area contributed by atoms with E-state index in [0.29, 0.717) is 18.5 Å². The van der Waals surface area contributed by atoms with Gasteiger partial charge in [-0.1, -0.05) is 13.0 Å². The summed E-state index contributed by atoms with van der Waals surface area (Å²) in [5.41, 5.74) is 7.70. The number of hydrogen-bond acceptors (Lipinski definition) is 4. The summed E-state index contributed by atoms with van der Waals surface area (Å²) in [6.07, 6.45) is 4.78. The lowest BCUT2D eigenvalue weighted by molar-refractivity contribution is -0.385. The molecule has 104 valence electrons. The first-order valence-corrected chi connectivity index (χ1v) is 6.89. The lowest BCUT2D eigenvalue weighted by atomic mass is 9.91. The van der Waals surface area contributed by atoms with Crippen molar-refractivity contribution >= 4 is 11.4 Å². The molecule has 1 aliphatic rings. The van der Waals surface area contributed by atoms with Crippen LogP contribution < -0.4 is 11.1 Å². The molecule has 0 aliphatic heterocycles. The number of anilines is 1. The molecule has 5 heteroatoms. The van der Waals surface area contributed by atoms with Crippen LogP contribution in [0, 0.1) is 10.1 Å². The van der Waals surface area contributed by atoms with Gasteiger partial charge in [0.2, 0.25) is 0 Å². The second-order valence-corrected chi connectivity index (χ2v) is 5.21. The maximum atomic E-state index is 11.0. The number of rotatable bonds is 4. The smallest absolute Gasteiger partial charge is 0.274 e. The molecule has 0 heterocycles. The molecular formula is C14H21N3O2. The monoisotopic (exact) mass is 263 g/mol. The van der Waals surface area contributed by atoms with E-state index in [2.05, 4.69) is 5.32 Å². The minimum Gasteiger partial charge on any atom is -0.382 e. The van der Waals surface area contributed by atoms with Gasteiger partial charge in [0.05, 0.1) is 4.92 Å². The van der Waals surface area contributed by atoms with E-state index in [1.54, 1.807) is 6.07 Å². The van der Waals surface area contributed by atoms with Crippen molar-refractivity contribution in [1.82, 2.24) is 0 Å². The van der Waals surface area contributed by atoms with Gasteiger partial charge in [-0.25, -0.2) is 0 Å². The number of hydrogen-bond donors (Lipinski definition) is 2. The van der Waals surface area contributed by atoms with Crippen LogP contribution in [-0.2, 0) is 6.42 Å². The van der Waals surface area contributed by atoms with Crippen molar-refractivity contribution in [3.8, 4) is 0 Å². The standard InChI is InChI=1S/C14H21N3O2/c1-2-10-3-6-13(9-14(10)17(18)19)16-12-7-4-11(15)5-8-12/h3,6,9,11-12,16H,2,4-5,7-8,15H2,1H3. The Hall–Kier alpha value is -1.62. The van der Waals surface area contributed by atoms with E-state index in [4.69, 9.17) is 5.73 Å². The van der Waals surface area contributed by atoms with Crippen LogP contribution in [-0.4, -0.2) is 17.0 Å². The van der Waals surface area contributed by atoms with E-state index >= 15 is 0 Å². The highest BCUT2D eigenvalue weighted by Gasteiger charge is 2.19. The fourth-order valence-electron chi connectivity index (χ4n) is 2.62. The van der Waals surface area contributed by atoms with Crippen molar-refractivity contribution in [2.75, 3.05) is 5.32 Å². The molecule has 0 bridgehead atoms. The second kappa shape index (κ2) is 6.02. The van der Waals surface area contributed by atoms with Crippen LogP contribution in [0.1, 0.15) is 38.2 Å². The number of nitro benzene ring substituents is 1. The van der Waals surface area contributed by atoms with Crippen LogP contribution in [0.3, 0.4) is 0 Å². The average molecular weight is 263 g/mol. The van der Waals surface area contributed by atoms with Crippen LogP contribution in [0.15, 0.2) is 18.2 Å². The van der Waals surface area contributed by atoms with E-state index < -0.39 is 0 Å². The van der Waals surface area contributed by atoms with Gasteiger partial charge in [-0.05, 0) is 38.2 Å². The fourth-order valence-corrected chi connectivity index (χ4v) is 2.62. The van der Waals surface area contributed by atoms with Crippen molar-refractivity contribution in [2.24, 2.45) is 5.73 Å². The Morgan fingerprint density at radius 1 is 1.37 bits per heavy atom. The van der Waals surface area contributed by atoms with Crippen molar-refractivity contribution in [3.63, 3.8) is 0 Å². The number of nitro groups is 1. The Labute approximate surface area is 113 Å². The second-order valence-electron chi connectivity index (χ2n) is 5.21. The molecule has 5 nitrogen and oxygen atoms in total. The zero-order valence-electron chi connectivity index (χ0n) is 11.3. The zero-order chi connectivity index (χ0) is 13.8. The van der Waals surface area contributed by atoms with Gasteiger partial charge in [0.1, 0.15) is 0 Å². The van der Waals surface area contributed by atoms with Crippen LogP contribution in [0.4, 0.5) is 11.4 Å². The summed E-state index contributed by atoms with van der Waals surface area (Å²) in [5, 5.41) is 14.4. The Kier molecular flexibility index (Phi) is 4.37. The van der Waals surface area contributed by atoms with Gasteiger partial charge in [0, 0.05) is 29.4 Å². The SMILES string of the molecule is CCc1ccc(NC2CCC(N)CC2)cc1[N+](=O)[O-]. The third-order valence-electron chi connectivity index (χ3n) is 3.81. The molecule has 0 unspecified atom stereocenters. The van der Waals surface area contributed by atoms with Gasteiger partial charge in [0.15, 0.2) is 0 Å². The zero-order valence-corrected chi connectivity index (χ0v) is 11.3. The predicted molar refractivity (Wildman–Crippen MR) is 76.3 cm³/mol. The Balaban J connectivity index is 2.08. The number of nitrogens with one attached hydrogen (secondary N) is 1. The topological polar surface area (TPSA) is 81.2 Å². The van der Waals surface area contributed by atoms with Gasteiger partial charge in [-0.15, -0.1) is 0 Å². The molecule has 0 atom stereocenters. The molecule has 1 aromatic rings. The summed E-state index contributed by atoms with van der Waals surface area (Å²) < 4.78 is 0. The third kappa shape index (κ3) is 3.44. The summed E-state index contributed by atoms with van der Waals surface area (Å²) in [4.78, 5) is 10.7. The van der Waals surface area contributed by atoms with E-state index in [0.717, 1.165) is 36.9 Å². The largest absolute Gasteiger partial charge is 0.382 e. The Morgan fingerprint density at radius 2 is 2.05 bits per heavy atom. The Morgan fingerprint density at radius 3 is 2.63 bits per heavy atom. The van der Waals surface area contributed by atoms with Crippen LogP contribution >= 0.6 is 0 Å². The first-order valence-electron chi connectivity index (χ1n) is 6.89. The van der Waals surface area contributed by atoms with Crippen molar-refractivity contribution in [1.29, 1.82) is 0 Å². The number of aryl methyl sites for hydroxylation is 1. The van der Waals surface area contributed by atoms with Crippen LogP contribution in [0.2, 0.25) is 0 Å². The highest BCUT2D eigenvalue weighted by atomic mass is 16.6. The molecular weight excluding hydrogens is 242 g/mol. The maximum absolute atomic E-state index is 11.0. The summed E-state index contributed by atoms with van der Waals surface area (Å²) in [6, 6.07) is 6.12. The molecule has 0 radical (unpaired) electrons. The molecule has 0 saturated heterocycles. The van der Waals surface area contributed by atoms with Gasteiger partial charge in [0.25, 0.3) is 5.69 Å². The molecule has 2 rings (SSSR count). The van der Waals surface area contributed by atoms with Gasteiger partial charge >= 0.3 is 0 Å². The molecule has 1 saturated carbocycles. The molecule has 0 amide bonds. The summed E-state index contributed by atoms with van der Waals surface area (Å²) >= 11 is 0. The summed E-state index contributed by atoms with van der Waals surface area (Å²) in [7, 11) is 0. The fraction of sp³-hybridized carbons (Fsp3) is 0.571. The van der Waals surface area contributed by atoms with Crippen molar-refractivity contribution < 1.29 is 4.92 Å².